The lowest BCUT2D eigenvalue weighted by molar-refractivity contribution is 0.0498. The Kier molecular flexibility index (Phi) is 5.20. The molecule has 0 aliphatic carbocycles. The number of carbonyl (C=O) groups excluding carboxylic acids is 1. The van der Waals surface area contributed by atoms with E-state index < -0.39 is 0 Å². The number of piperidine rings is 1. The highest BCUT2D eigenvalue weighted by Crippen LogP contribution is 2.25. The molecule has 2 fully saturated rings. The van der Waals surface area contributed by atoms with Crippen molar-refractivity contribution < 1.29 is 4.79 Å². The van der Waals surface area contributed by atoms with Crippen LogP contribution in [0.5, 0.6) is 0 Å². The third-order valence-corrected chi connectivity index (χ3v) is 6.34. The first-order valence-electron chi connectivity index (χ1n) is 10.1. The fraction of sp³-hybridized carbons (Fsp3) is 0.684. The minimum atomic E-state index is -0.386. The Morgan fingerprint density at radius 2 is 1.86 bits per heavy atom. The molecule has 2 aromatic heterocycles. The fourth-order valence-electron chi connectivity index (χ4n) is 4.39. The maximum absolute atomic E-state index is 12.9. The molecule has 1 amide bonds. The molecule has 1 unspecified atom stereocenters. The Balaban J connectivity index is 1.40. The number of amides is 1. The SMILES string of the molecule is Cc1nc2ncc(C(=O)N3CCC(C(C)N4CCN(C)CC4)CC3)c(=O)n2[nH]1. The quantitative estimate of drug-likeness (QED) is 0.810. The second-order valence-corrected chi connectivity index (χ2v) is 8.13. The number of rotatable bonds is 3. The normalized spacial score (nSPS) is 21.3. The van der Waals surface area contributed by atoms with E-state index in [1.54, 1.807) is 11.8 Å². The van der Waals surface area contributed by atoms with Gasteiger partial charge in [-0.05, 0) is 39.7 Å². The largest absolute Gasteiger partial charge is 0.338 e. The van der Waals surface area contributed by atoms with Crippen LogP contribution in [0.15, 0.2) is 11.0 Å². The van der Waals surface area contributed by atoms with E-state index in [0.29, 0.717) is 36.7 Å². The molecule has 0 bridgehead atoms. The molecular formula is C19H29N7O2. The summed E-state index contributed by atoms with van der Waals surface area (Å²) in [6.45, 7) is 9.91. The van der Waals surface area contributed by atoms with Crippen molar-refractivity contribution in [2.45, 2.75) is 32.7 Å². The van der Waals surface area contributed by atoms with Crippen LogP contribution in [-0.2, 0) is 0 Å². The number of likely N-dealkylation sites (tertiary alicyclic amines) is 1. The molecule has 4 rings (SSSR count). The number of aromatic nitrogens is 4. The number of hydrogen-bond donors (Lipinski definition) is 1. The highest BCUT2D eigenvalue weighted by Gasteiger charge is 2.31. The minimum absolute atomic E-state index is 0.103. The zero-order valence-electron chi connectivity index (χ0n) is 16.9. The number of H-pyrrole nitrogens is 1. The number of likely N-dealkylation sites (N-methyl/N-ethyl adjacent to an activating group) is 1. The van der Waals surface area contributed by atoms with Crippen molar-refractivity contribution in [3.05, 3.63) is 27.9 Å². The Hall–Kier alpha value is -2.26. The number of aromatic amines is 1. The molecule has 2 aliphatic rings. The van der Waals surface area contributed by atoms with E-state index >= 15 is 0 Å². The summed E-state index contributed by atoms with van der Waals surface area (Å²) in [4.78, 5) is 40.6. The summed E-state index contributed by atoms with van der Waals surface area (Å²) in [5.74, 6) is 1.24. The average molecular weight is 387 g/mol. The number of aryl methyl sites for hydroxylation is 1. The maximum Gasteiger partial charge on any atom is 0.286 e. The van der Waals surface area contributed by atoms with Gasteiger partial charge in [0.15, 0.2) is 0 Å². The van der Waals surface area contributed by atoms with Gasteiger partial charge in [0.2, 0.25) is 0 Å². The van der Waals surface area contributed by atoms with Gasteiger partial charge in [-0.2, -0.15) is 9.50 Å². The highest BCUT2D eigenvalue weighted by molar-refractivity contribution is 5.93. The van der Waals surface area contributed by atoms with Crippen molar-refractivity contribution in [3.63, 3.8) is 0 Å². The summed E-state index contributed by atoms with van der Waals surface area (Å²) in [7, 11) is 2.17. The van der Waals surface area contributed by atoms with Crippen molar-refractivity contribution in [1.29, 1.82) is 0 Å². The molecule has 2 saturated heterocycles. The smallest absolute Gasteiger partial charge is 0.286 e. The van der Waals surface area contributed by atoms with Gasteiger partial charge in [-0.3, -0.25) is 19.6 Å². The Morgan fingerprint density at radius 1 is 1.18 bits per heavy atom. The summed E-state index contributed by atoms with van der Waals surface area (Å²) in [5.41, 5.74) is -0.282. The Bertz CT molecular complexity index is 905. The Morgan fingerprint density at radius 3 is 2.54 bits per heavy atom. The molecule has 152 valence electrons. The number of nitrogens with zero attached hydrogens (tertiary/aromatic N) is 6. The van der Waals surface area contributed by atoms with Crippen LogP contribution >= 0.6 is 0 Å². The summed E-state index contributed by atoms with van der Waals surface area (Å²) >= 11 is 0. The van der Waals surface area contributed by atoms with E-state index in [-0.39, 0.29) is 17.0 Å². The molecule has 9 heteroatoms. The number of piperazine rings is 1. The molecular weight excluding hydrogens is 358 g/mol. The van der Waals surface area contributed by atoms with Crippen LogP contribution in [0.4, 0.5) is 0 Å². The van der Waals surface area contributed by atoms with E-state index in [9.17, 15) is 9.59 Å². The highest BCUT2D eigenvalue weighted by atomic mass is 16.2. The number of fused-ring (bicyclic) bond motifs is 1. The molecule has 0 aromatic carbocycles. The molecule has 0 spiro atoms. The topological polar surface area (TPSA) is 89.8 Å². The molecule has 1 N–H and O–H groups in total. The second-order valence-electron chi connectivity index (χ2n) is 8.13. The van der Waals surface area contributed by atoms with Crippen molar-refractivity contribution in [2.75, 3.05) is 46.3 Å². The molecule has 28 heavy (non-hydrogen) atoms. The van der Waals surface area contributed by atoms with Gasteiger partial charge in [-0.25, -0.2) is 4.98 Å². The van der Waals surface area contributed by atoms with Gasteiger partial charge in [0.1, 0.15) is 11.4 Å². The van der Waals surface area contributed by atoms with Crippen LogP contribution < -0.4 is 5.56 Å². The van der Waals surface area contributed by atoms with Gasteiger partial charge in [0.25, 0.3) is 17.2 Å². The molecule has 2 aromatic rings. The average Bonchev–Trinajstić information content (AvgIpc) is 3.09. The standard InChI is InChI=1S/C19H29N7O2/c1-13(24-10-8-23(3)9-11-24)15-4-6-25(7-5-15)17(27)16-12-20-19-21-14(2)22-26(19)18(16)28/h12-13,15H,4-11H2,1-3H3,(H,20,21,22). The van der Waals surface area contributed by atoms with Gasteiger partial charge >= 0.3 is 0 Å². The molecule has 0 radical (unpaired) electrons. The summed E-state index contributed by atoms with van der Waals surface area (Å²) < 4.78 is 1.24. The van der Waals surface area contributed by atoms with Crippen molar-refractivity contribution in [1.82, 2.24) is 34.3 Å². The van der Waals surface area contributed by atoms with Crippen LogP contribution in [0, 0.1) is 12.8 Å². The zero-order chi connectivity index (χ0) is 19.8. The number of carbonyl (C=O) groups is 1. The molecule has 1 atom stereocenters. The lowest BCUT2D eigenvalue weighted by Crippen LogP contribution is -2.52. The van der Waals surface area contributed by atoms with Crippen LogP contribution in [0.2, 0.25) is 0 Å². The number of hydrogen-bond acceptors (Lipinski definition) is 6. The first-order valence-corrected chi connectivity index (χ1v) is 10.1. The minimum Gasteiger partial charge on any atom is -0.338 e. The first kappa shape index (κ1) is 19.1. The lowest BCUT2D eigenvalue weighted by Gasteiger charge is -2.42. The van der Waals surface area contributed by atoms with Crippen LogP contribution in [0.25, 0.3) is 5.78 Å². The number of nitrogens with one attached hydrogen (secondary N) is 1. The van der Waals surface area contributed by atoms with Crippen LogP contribution in [-0.4, -0.2) is 92.5 Å². The van der Waals surface area contributed by atoms with E-state index in [4.69, 9.17) is 0 Å². The van der Waals surface area contributed by atoms with Crippen LogP contribution in [0.3, 0.4) is 0 Å². The van der Waals surface area contributed by atoms with Crippen molar-refractivity contribution >= 4 is 11.7 Å². The third kappa shape index (κ3) is 3.56. The van der Waals surface area contributed by atoms with E-state index in [0.717, 1.165) is 39.0 Å². The van der Waals surface area contributed by atoms with Gasteiger partial charge < -0.3 is 9.80 Å². The third-order valence-electron chi connectivity index (χ3n) is 6.34. The first-order chi connectivity index (χ1) is 13.4. The zero-order valence-corrected chi connectivity index (χ0v) is 16.9. The summed E-state index contributed by atoms with van der Waals surface area (Å²) in [6.07, 6.45) is 3.30. The predicted octanol–water partition coefficient (Wildman–Crippen LogP) is 0.214. The molecule has 9 nitrogen and oxygen atoms in total. The van der Waals surface area contributed by atoms with E-state index in [1.165, 1.54) is 10.7 Å². The molecule has 4 heterocycles. The predicted molar refractivity (Wildman–Crippen MR) is 106 cm³/mol. The monoisotopic (exact) mass is 387 g/mol. The summed E-state index contributed by atoms with van der Waals surface area (Å²) in [6, 6.07) is 0.530. The van der Waals surface area contributed by atoms with Crippen molar-refractivity contribution in [3.8, 4) is 0 Å². The van der Waals surface area contributed by atoms with Crippen molar-refractivity contribution in [2.24, 2.45) is 5.92 Å². The lowest BCUT2D eigenvalue weighted by atomic mass is 9.89. The maximum atomic E-state index is 12.9. The van der Waals surface area contributed by atoms with Gasteiger partial charge in [-0.1, -0.05) is 0 Å². The Labute approximate surface area is 164 Å². The van der Waals surface area contributed by atoms with Gasteiger partial charge in [0, 0.05) is 51.5 Å². The van der Waals surface area contributed by atoms with E-state index in [2.05, 4.69) is 38.8 Å². The molecule has 0 saturated carbocycles. The molecule has 2 aliphatic heterocycles. The fourth-order valence-corrected chi connectivity index (χ4v) is 4.39. The second kappa shape index (κ2) is 7.63. The van der Waals surface area contributed by atoms with Gasteiger partial charge in [0.05, 0.1) is 0 Å². The van der Waals surface area contributed by atoms with Gasteiger partial charge in [-0.15, -0.1) is 0 Å². The van der Waals surface area contributed by atoms with E-state index in [1.807, 2.05) is 0 Å². The summed E-state index contributed by atoms with van der Waals surface area (Å²) in [5, 5.41) is 2.84. The van der Waals surface area contributed by atoms with Crippen LogP contribution in [0.1, 0.15) is 35.9 Å².